The molecule has 0 bridgehead atoms. The normalized spacial score (nSPS) is 14.3. The van der Waals surface area contributed by atoms with Crippen LogP contribution < -0.4 is 9.46 Å². The lowest BCUT2D eigenvalue weighted by molar-refractivity contribution is 0.341. The highest BCUT2D eigenvalue weighted by Crippen LogP contribution is 2.40. The first kappa shape index (κ1) is 17.0. The summed E-state index contributed by atoms with van der Waals surface area (Å²) in [6.45, 7) is 0.0607. The van der Waals surface area contributed by atoms with Gasteiger partial charge in [0.25, 0.3) is 5.89 Å². The van der Waals surface area contributed by atoms with Gasteiger partial charge in [0.2, 0.25) is 10.0 Å². The van der Waals surface area contributed by atoms with Crippen LogP contribution in [-0.2, 0) is 10.0 Å². The smallest absolute Gasteiger partial charge is 0.270 e. The third kappa shape index (κ3) is 4.05. The van der Waals surface area contributed by atoms with E-state index >= 15 is 0 Å². The molecule has 0 amide bonds. The second-order valence-corrected chi connectivity index (χ2v) is 8.74. The number of ether oxygens (including phenoxy) is 1. The van der Waals surface area contributed by atoms with E-state index in [2.05, 4.69) is 14.9 Å². The predicted molar refractivity (Wildman–Crippen MR) is 98.9 cm³/mol. The van der Waals surface area contributed by atoms with Gasteiger partial charge in [-0.3, -0.25) is 4.72 Å². The van der Waals surface area contributed by atoms with Gasteiger partial charge >= 0.3 is 0 Å². The summed E-state index contributed by atoms with van der Waals surface area (Å²) < 4.78 is 38.0. The van der Waals surface area contributed by atoms with Gasteiger partial charge < -0.3 is 9.26 Å². The van der Waals surface area contributed by atoms with Gasteiger partial charge in [-0.2, -0.15) is 4.98 Å². The number of anilines is 1. The zero-order chi connectivity index (χ0) is 18.0. The molecule has 7 nitrogen and oxygen atoms in total. The van der Waals surface area contributed by atoms with E-state index in [9.17, 15) is 8.42 Å². The van der Waals surface area contributed by atoms with Crippen molar-refractivity contribution in [2.45, 2.75) is 18.8 Å². The quantitative estimate of drug-likeness (QED) is 0.632. The highest BCUT2D eigenvalue weighted by molar-refractivity contribution is 7.92. The zero-order valence-electron chi connectivity index (χ0n) is 13.8. The number of rotatable bonds is 8. The number of nitrogens with one attached hydrogen (secondary N) is 1. The van der Waals surface area contributed by atoms with E-state index < -0.39 is 10.0 Å². The van der Waals surface area contributed by atoms with Gasteiger partial charge in [-0.05, 0) is 36.4 Å². The van der Waals surface area contributed by atoms with Crippen molar-refractivity contribution in [1.29, 1.82) is 0 Å². The van der Waals surface area contributed by atoms with E-state index in [-0.39, 0.29) is 12.4 Å². The second-order valence-electron chi connectivity index (χ2n) is 5.98. The molecule has 1 aliphatic carbocycles. The summed E-state index contributed by atoms with van der Waals surface area (Å²) in [5.41, 5.74) is 0.445. The summed E-state index contributed by atoms with van der Waals surface area (Å²) in [7, 11) is -3.56. The van der Waals surface area contributed by atoms with Gasteiger partial charge in [-0.1, -0.05) is 23.4 Å². The minimum absolute atomic E-state index is 0.0607. The molecule has 2 aromatic heterocycles. The number of benzene rings is 1. The molecule has 0 atom stereocenters. The number of para-hydroxylation sites is 1. The fourth-order valence-corrected chi connectivity index (χ4v) is 4.14. The topological polar surface area (TPSA) is 94.3 Å². The second kappa shape index (κ2) is 7.08. The SMILES string of the molecule is O=S(=O)(CCOc1ccccc1)Nc1ccsc1-c1nc(C2CC2)no1. The Labute approximate surface area is 155 Å². The zero-order valence-corrected chi connectivity index (χ0v) is 15.4. The highest BCUT2D eigenvalue weighted by atomic mass is 32.2. The van der Waals surface area contributed by atoms with Gasteiger partial charge in [0.05, 0.1) is 5.69 Å². The first-order chi connectivity index (χ1) is 12.6. The van der Waals surface area contributed by atoms with Crippen LogP contribution in [0.4, 0.5) is 5.69 Å². The summed E-state index contributed by atoms with van der Waals surface area (Å²) in [5, 5.41) is 5.76. The van der Waals surface area contributed by atoms with Crippen LogP contribution in [0.5, 0.6) is 5.75 Å². The maximum Gasteiger partial charge on any atom is 0.270 e. The van der Waals surface area contributed by atoms with E-state index in [1.54, 1.807) is 23.6 Å². The summed E-state index contributed by atoms with van der Waals surface area (Å²) in [6, 6.07) is 10.8. The maximum atomic E-state index is 12.3. The lowest BCUT2D eigenvalue weighted by Crippen LogP contribution is -2.21. The Morgan fingerprint density at radius 2 is 2.04 bits per heavy atom. The van der Waals surface area contributed by atoms with Crippen LogP contribution >= 0.6 is 11.3 Å². The summed E-state index contributed by atoms with van der Waals surface area (Å²) in [6.07, 6.45) is 2.15. The number of hydrogen-bond acceptors (Lipinski definition) is 7. The van der Waals surface area contributed by atoms with Crippen LogP contribution in [0.3, 0.4) is 0 Å². The van der Waals surface area contributed by atoms with Gasteiger partial charge in [0, 0.05) is 5.92 Å². The third-order valence-electron chi connectivity index (χ3n) is 3.87. The number of thiophene rings is 1. The van der Waals surface area contributed by atoms with E-state index in [4.69, 9.17) is 9.26 Å². The fraction of sp³-hybridized carbons (Fsp3) is 0.294. The number of aromatic nitrogens is 2. The first-order valence-corrected chi connectivity index (χ1v) is 10.7. The lowest BCUT2D eigenvalue weighted by atomic mass is 10.3. The molecule has 136 valence electrons. The van der Waals surface area contributed by atoms with Gasteiger partial charge in [0.1, 0.15) is 23.0 Å². The summed E-state index contributed by atoms with van der Waals surface area (Å²) >= 11 is 1.36. The Kier molecular flexibility index (Phi) is 4.64. The Balaban J connectivity index is 1.40. The minimum Gasteiger partial charge on any atom is -0.492 e. The molecule has 1 fully saturated rings. The molecule has 26 heavy (non-hydrogen) atoms. The van der Waals surface area contributed by atoms with Crippen LogP contribution in [0.1, 0.15) is 24.6 Å². The molecule has 2 heterocycles. The minimum atomic E-state index is -3.56. The van der Waals surface area contributed by atoms with Crippen molar-refractivity contribution < 1.29 is 17.7 Å². The largest absolute Gasteiger partial charge is 0.492 e. The van der Waals surface area contributed by atoms with Crippen LogP contribution in [0.2, 0.25) is 0 Å². The molecular formula is C17H17N3O4S2. The van der Waals surface area contributed by atoms with Crippen molar-refractivity contribution >= 4 is 27.0 Å². The Hall–Kier alpha value is -2.39. The highest BCUT2D eigenvalue weighted by Gasteiger charge is 2.29. The molecule has 0 radical (unpaired) electrons. The molecule has 4 rings (SSSR count). The summed E-state index contributed by atoms with van der Waals surface area (Å²) in [5.74, 6) is 1.90. The van der Waals surface area contributed by atoms with Gasteiger partial charge in [0.15, 0.2) is 5.82 Å². The molecule has 1 saturated carbocycles. The molecule has 1 N–H and O–H groups in total. The van der Waals surface area contributed by atoms with Crippen LogP contribution in [0.25, 0.3) is 10.8 Å². The third-order valence-corrected chi connectivity index (χ3v) is 6.01. The molecule has 3 aromatic rings. The van der Waals surface area contributed by atoms with Crippen molar-refractivity contribution in [1.82, 2.24) is 10.1 Å². The Morgan fingerprint density at radius 1 is 1.23 bits per heavy atom. The molecule has 0 saturated heterocycles. The van der Waals surface area contributed by atoms with Gasteiger partial charge in [-0.15, -0.1) is 11.3 Å². The lowest BCUT2D eigenvalue weighted by Gasteiger charge is -2.09. The molecule has 1 aromatic carbocycles. The number of sulfonamides is 1. The van der Waals surface area contributed by atoms with Crippen LogP contribution in [0, 0.1) is 0 Å². The van der Waals surface area contributed by atoms with Crippen molar-refractivity contribution in [2.24, 2.45) is 0 Å². The molecular weight excluding hydrogens is 374 g/mol. The molecule has 9 heteroatoms. The Bertz CT molecular complexity index is 978. The van der Waals surface area contributed by atoms with E-state index in [1.165, 1.54) is 11.3 Å². The van der Waals surface area contributed by atoms with Crippen LogP contribution in [-0.4, -0.2) is 30.9 Å². The van der Waals surface area contributed by atoms with Crippen LogP contribution in [0.15, 0.2) is 46.3 Å². The maximum absolute atomic E-state index is 12.3. The first-order valence-electron chi connectivity index (χ1n) is 8.20. The average Bonchev–Trinajstić information content (AvgIpc) is 3.18. The number of nitrogens with zero attached hydrogens (tertiary/aromatic N) is 2. The number of hydrogen-bond donors (Lipinski definition) is 1. The monoisotopic (exact) mass is 391 g/mol. The predicted octanol–water partition coefficient (Wildman–Crippen LogP) is 3.50. The van der Waals surface area contributed by atoms with Crippen molar-refractivity contribution in [2.75, 3.05) is 17.1 Å². The molecule has 1 aliphatic rings. The van der Waals surface area contributed by atoms with Crippen molar-refractivity contribution in [3.63, 3.8) is 0 Å². The van der Waals surface area contributed by atoms with E-state index in [0.717, 1.165) is 12.8 Å². The van der Waals surface area contributed by atoms with E-state index in [0.29, 0.717) is 33.9 Å². The standard InChI is InChI=1S/C17H17N3O4S2/c21-26(22,11-9-23-13-4-2-1-3-5-13)20-14-8-10-25-15(14)17-18-16(19-24-17)12-6-7-12/h1-5,8,10,12,20H,6-7,9,11H2. The fourth-order valence-electron chi connectivity index (χ4n) is 2.39. The molecule has 0 unspecified atom stereocenters. The summed E-state index contributed by atoms with van der Waals surface area (Å²) in [4.78, 5) is 5.00. The van der Waals surface area contributed by atoms with E-state index in [1.807, 2.05) is 18.2 Å². The average molecular weight is 391 g/mol. The van der Waals surface area contributed by atoms with Crippen molar-refractivity contribution in [3.05, 3.63) is 47.6 Å². The van der Waals surface area contributed by atoms with Crippen molar-refractivity contribution in [3.8, 4) is 16.5 Å². The molecule has 0 aliphatic heterocycles. The molecule has 0 spiro atoms. The Morgan fingerprint density at radius 3 is 2.81 bits per heavy atom. The van der Waals surface area contributed by atoms with Gasteiger partial charge in [-0.25, -0.2) is 8.42 Å².